The summed E-state index contributed by atoms with van der Waals surface area (Å²) in [4.78, 5) is 27.8. The van der Waals surface area contributed by atoms with Crippen molar-refractivity contribution in [2.75, 3.05) is 14.2 Å². The van der Waals surface area contributed by atoms with Crippen LogP contribution in [0.2, 0.25) is 0 Å². The van der Waals surface area contributed by atoms with Gasteiger partial charge in [0.05, 0.1) is 30.7 Å². The van der Waals surface area contributed by atoms with Crippen molar-refractivity contribution in [3.8, 4) is 17.2 Å². The molecule has 0 fully saturated rings. The van der Waals surface area contributed by atoms with E-state index >= 15 is 0 Å². The van der Waals surface area contributed by atoms with Crippen LogP contribution in [0, 0.1) is 13.8 Å². The summed E-state index contributed by atoms with van der Waals surface area (Å²) in [6.07, 6.45) is 0. The van der Waals surface area contributed by atoms with Gasteiger partial charge in [-0.25, -0.2) is 4.79 Å². The number of hydrogen-bond acceptors (Lipinski definition) is 8. The molecule has 0 aliphatic heterocycles. The van der Waals surface area contributed by atoms with Gasteiger partial charge in [0, 0.05) is 11.3 Å². The van der Waals surface area contributed by atoms with Gasteiger partial charge in [-0.15, -0.1) is 10.2 Å². The average molecular weight is 415 g/mol. The number of nitrogens with one attached hydrogen (secondary N) is 1. The number of aromatic amines is 1. The number of Topliss-reactive ketones (excluding diaryl/α,β-unsaturated/α-hetero) is 1. The first-order valence-corrected chi connectivity index (χ1v) is 9.70. The van der Waals surface area contributed by atoms with Crippen LogP contribution in [0.25, 0.3) is 11.5 Å². The van der Waals surface area contributed by atoms with Crippen molar-refractivity contribution in [1.82, 2.24) is 15.2 Å². The molecule has 3 rings (SSSR count). The number of H-pyrrole nitrogens is 1. The molecule has 1 atom stereocenters. The second-order valence-corrected chi connectivity index (χ2v) is 7.63. The minimum atomic E-state index is -0.499. The zero-order valence-electron chi connectivity index (χ0n) is 16.7. The van der Waals surface area contributed by atoms with Gasteiger partial charge >= 0.3 is 5.97 Å². The van der Waals surface area contributed by atoms with E-state index in [2.05, 4.69) is 15.2 Å². The summed E-state index contributed by atoms with van der Waals surface area (Å²) in [6.45, 7) is 5.19. The fourth-order valence-corrected chi connectivity index (χ4v) is 3.66. The first-order chi connectivity index (χ1) is 13.8. The van der Waals surface area contributed by atoms with Gasteiger partial charge < -0.3 is 18.9 Å². The molecular formula is C20H21N3O5S. The van der Waals surface area contributed by atoms with E-state index in [1.807, 2.05) is 12.1 Å². The third-order valence-corrected chi connectivity index (χ3v) is 5.40. The lowest BCUT2D eigenvalue weighted by Gasteiger charge is -2.07. The highest BCUT2D eigenvalue weighted by molar-refractivity contribution is 8.00. The van der Waals surface area contributed by atoms with Gasteiger partial charge in [-0.3, -0.25) is 4.79 Å². The summed E-state index contributed by atoms with van der Waals surface area (Å²) in [7, 11) is 2.90. The van der Waals surface area contributed by atoms with Gasteiger partial charge in [0.1, 0.15) is 5.75 Å². The molecule has 2 heterocycles. The van der Waals surface area contributed by atoms with Gasteiger partial charge in [0.15, 0.2) is 5.78 Å². The first-order valence-electron chi connectivity index (χ1n) is 8.82. The molecule has 0 spiro atoms. The van der Waals surface area contributed by atoms with Gasteiger partial charge in [-0.2, -0.15) is 0 Å². The molecule has 0 aliphatic rings. The molecule has 0 aliphatic carbocycles. The molecule has 0 radical (unpaired) electrons. The molecule has 152 valence electrons. The average Bonchev–Trinajstić information content (AvgIpc) is 3.31. The number of hydrogen-bond donors (Lipinski definition) is 1. The molecule has 0 saturated heterocycles. The zero-order chi connectivity index (χ0) is 21.1. The van der Waals surface area contributed by atoms with E-state index in [1.165, 1.54) is 7.11 Å². The topological polar surface area (TPSA) is 107 Å². The van der Waals surface area contributed by atoms with Crippen molar-refractivity contribution in [3.63, 3.8) is 0 Å². The Morgan fingerprint density at radius 1 is 1.14 bits per heavy atom. The summed E-state index contributed by atoms with van der Waals surface area (Å²) < 4.78 is 15.6. The molecule has 0 unspecified atom stereocenters. The monoisotopic (exact) mass is 415 g/mol. The van der Waals surface area contributed by atoms with Crippen molar-refractivity contribution >= 4 is 23.5 Å². The number of aryl methyl sites for hydroxylation is 1. The highest BCUT2D eigenvalue weighted by atomic mass is 32.2. The molecule has 2 aromatic heterocycles. The summed E-state index contributed by atoms with van der Waals surface area (Å²) >= 11 is 1.16. The third-order valence-electron chi connectivity index (χ3n) is 4.46. The number of methoxy groups -OCH3 is 2. The van der Waals surface area contributed by atoms with E-state index in [0.29, 0.717) is 28.4 Å². The maximum absolute atomic E-state index is 12.9. The number of esters is 1. The number of thioether (sulfide) groups is 1. The summed E-state index contributed by atoms with van der Waals surface area (Å²) in [6, 6.07) is 7.23. The lowest BCUT2D eigenvalue weighted by Crippen LogP contribution is -2.15. The zero-order valence-corrected chi connectivity index (χ0v) is 17.5. The molecule has 0 bridgehead atoms. The standard InChI is InChI=1S/C20H21N3O5S/c1-10-15(19(25)27-5)11(2)21-16(10)17(24)12(3)29-20-23-22-18(28-20)13-6-8-14(26-4)9-7-13/h6-9,12,21H,1-5H3/t12-/m1/s1. The van der Waals surface area contributed by atoms with Crippen LogP contribution >= 0.6 is 11.8 Å². The van der Waals surface area contributed by atoms with E-state index in [4.69, 9.17) is 13.9 Å². The van der Waals surface area contributed by atoms with Gasteiger partial charge in [-0.05, 0) is 50.6 Å². The van der Waals surface area contributed by atoms with Crippen LogP contribution < -0.4 is 4.74 Å². The van der Waals surface area contributed by atoms with Crippen LogP contribution in [0.1, 0.15) is 39.0 Å². The Labute approximate surface area is 172 Å². The fourth-order valence-electron chi connectivity index (χ4n) is 2.92. The number of ketones is 1. The molecule has 8 nitrogen and oxygen atoms in total. The quantitative estimate of drug-likeness (QED) is 0.352. The van der Waals surface area contributed by atoms with E-state index in [1.54, 1.807) is 40.0 Å². The SMILES string of the molecule is COC(=O)c1c(C)[nH]c(C(=O)[C@@H](C)Sc2nnc(-c3ccc(OC)cc3)o2)c1C. The predicted octanol–water partition coefficient (Wildman–Crippen LogP) is 3.84. The third kappa shape index (κ3) is 4.19. The Hall–Kier alpha value is -3.07. The Balaban J connectivity index is 1.75. The molecule has 1 N–H and O–H groups in total. The van der Waals surface area contributed by atoms with Crippen molar-refractivity contribution in [2.24, 2.45) is 0 Å². The molecule has 1 aromatic carbocycles. The molecular weight excluding hydrogens is 394 g/mol. The van der Waals surface area contributed by atoms with Gasteiger partial charge in [-0.1, -0.05) is 11.8 Å². The van der Waals surface area contributed by atoms with E-state index < -0.39 is 11.2 Å². The Morgan fingerprint density at radius 2 is 1.83 bits per heavy atom. The van der Waals surface area contributed by atoms with Crippen molar-refractivity contribution < 1.29 is 23.5 Å². The van der Waals surface area contributed by atoms with E-state index in [-0.39, 0.29) is 11.0 Å². The second kappa shape index (κ2) is 8.52. The highest BCUT2D eigenvalue weighted by Crippen LogP contribution is 2.30. The highest BCUT2D eigenvalue weighted by Gasteiger charge is 2.27. The molecule has 9 heteroatoms. The van der Waals surface area contributed by atoms with E-state index in [9.17, 15) is 9.59 Å². The van der Waals surface area contributed by atoms with Gasteiger partial charge in [0.25, 0.3) is 5.22 Å². The maximum Gasteiger partial charge on any atom is 0.339 e. The van der Waals surface area contributed by atoms with Crippen molar-refractivity contribution in [3.05, 3.63) is 46.8 Å². The number of carbonyl (C=O) groups excluding carboxylic acids is 2. The van der Waals surface area contributed by atoms with Crippen molar-refractivity contribution in [1.29, 1.82) is 0 Å². The fraction of sp³-hybridized carbons (Fsp3) is 0.300. The molecule has 29 heavy (non-hydrogen) atoms. The summed E-state index contributed by atoms with van der Waals surface area (Å²) in [5, 5.41) is 7.84. The maximum atomic E-state index is 12.9. The number of rotatable bonds is 7. The van der Waals surface area contributed by atoms with Crippen LogP contribution in [-0.4, -0.2) is 46.4 Å². The smallest absolute Gasteiger partial charge is 0.339 e. The summed E-state index contributed by atoms with van der Waals surface area (Å²) in [5.74, 6) is 0.436. The Kier molecular flexibility index (Phi) is 6.07. The lowest BCUT2D eigenvalue weighted by atomic mass is 10.1. The predicted molar refractivity (Wildman–Crippen MR) is 108 cm³/mol. The molecule has 0 saturated carbocycles. The van der Waals surface area contributed by atoms with Crippen LogP contribution in [0.4, 0.5) is 0 Å². The number of carbonyl (C=O) groups is 2. The molecule has 0 amide bonds. The number of benzene rings is 1. The number of aromatic nitrogens is 3. The Bertz CT molecular complexity index is 1040. The minimum Gasteiger partial charge on any atom is -0.497 e. The van der Waals surface area contributed by atoms with E-state index in [0.717, 1.165) is 23.1 Å². The van der Waals surface area contributed by atoms with Crippen LogP contribution in [0.5, 0.6) is 5.75 Å². The lowest BCUT2D eigenvalue weighted by molar-refractivity contribution is 0.0599. The number of ether oxygens (including phenoxy) is 2. The van der Waals surface area contributed by atoms with Crippen LogP contribution in [-0.2, 0) is 4.74 Å². The van der Waals surface area contributed by atoms with Crippen LogP contribution in [0.15, 0.2) is 33.9 Å². The second-order valence-electron chi connectivity index (χ2n) is 6.34. The Morgan fingerprint density at radius 3 is 2.45 bits per heavy atom. The largest absolute Gasteiger partial charge is 0.497 e. The van der Waals surface area contributed by atoms with Crippen LogP contribution in [0.3, 0.4) is 0 Å². The molecule has 3 aromatic rings. The van der Waals surface area contributed by atoms with Crippen molar-refractivity contribution in [2.45, 2.75) is 31.2 Å². The number of nitrogens with zero attached hydrogens (tertiary/aromatic N) is 2. The first kappa shape index (κ1) is 20.7. The normalized spacial score (nSPS) is 11.9. The summed E-state index contributed by atoms with van der Waals surface area (Å²) in [5.41, 5.74) is 2.67. The van der Waals surface area contributed by atoms with Gasteiger partial charge in [0.2, 0.25) is 5.89 Å². The minimum absolute atomic E-state index is 0.171.